The van der Waals surface area contributed by atoms with Crippen molar-refractivity contribution in [1.29, 1.82) is 0 Å². The van der Waals surface area contributed by atoms with E-state index < -0.39 is 39.6 Å². The maximum atomic E-state index is 13.0. The van der Waals surface area contributed by atoms with Gasteiger partial charge in [0.15, 0.2) is 0 Å². The molecular formula is C20H18Cl2F3NO3. The zero-order chi connectivity index (χ0) is 21.8. The topological polar surface area (TPSA) is 55.4 Å². The molecule has 1 N–H and O–H groups in total. The zero-order valence-electron chi connectivity index (χ0n) is 15.5. The summed E-state index contributed by atoms with van der Waals surface area (Å²) in [6, 6.07) is 11.6. The first kappa shape index (κ1) is 23.0. The molecule has 0 spiro atoms. The number of ether oxygens (including phenoxy) is 1. The number of halogens is 5. The van der Waals surface area contributed by atoms with Crippen LogP contribution in [0.5, 0.6) is 0 Å². The maximum Gasteiger partial charge on any atom is 0.417 e. The van der Waals surface area contributed by atoms with Gasteiger partial charge in [0.25, 0.3) is 5.24 Å². The highest BCUT2D eigenvalue weighted by Crippen LogP contribution is 2.39. The first-order valence-electron chi connectivity index (χ1n) is 8.54. The predicted molar refractivity (Wildman–Crippen MR) is 104 cm³/mol. The van der Waals surface area contributed by atoms with Gasteiger partial charge in [0.05, 0.1) is 10.6 Å². The van der Waals surface area contributed by atoms with Crippen molar-refractivity contribution in [2.45, 2.75) is 32.2 Å². The molecule has 1 amide bonds. The summed E-state index contributed by atoms with van der Waals surface area (Å²) in [5.41, 5.74) is -2.16. The normalized spacial score (nSPS) is 13.7. The van der Waals surface area contributed by atoms with E-state index >= 15 is 0 Å². The molecule has 2 rings (SSSR count). The Morgan fingerprint density at radius 3 is 2.21 bits per heavy atom. The molecule has 9 heteroatoms. The van der Waals surface area contributed by atoms with Gasteiger partial charge in [-0.1, -0.05) is 61.8 Å². The van der Waals surface area contributed by atoms with Gasteiger partial charge in [-0.2, -0.15) is 13.2 Å². The SMILES string of the molecule is CC(C)C(NC(=O)OCc1ccccc1)(C(=O)Cl)c1ccc(C(F)(F)F)c(Cl)c1. The lowest BCUT2D eigenvalue weighted by Crippen LogP contribution is -2.54. The molecule has 29 heavy (non-hydrogen) atoms. The van der Waals surface area contributed by atoms with Crippen LogP contribution in [0.3, 0.4) is 0 Å². The van der Waals surface area contributed by atoms with Crippen LogP contribution in [0, 0.1) is 5.92 Å². The molecule has 0 saturated heterocycles. The van der Waals surface area contributed by atoms with Crippen LogP contribution in [0.2, 0.25) is 5.02 Å². The molecule has 0 fully saturated rings. The van der Waals surface area contributed by atoms with Crippen LogP contribution in [0.15, 0.2) is 48.5 Å². The fourth-order valence-electron chi connectivity index (χ4n) is 2.85. The third-order valence-corrected chi connectivity index (χ3v) is 5.03. The van der Waals surface area contributed by atoms with E-state index in [9.17, 15) is 22.8 Å². The van der Waals surface area contributed by atoms with Crippen LogP contribution in [0.25, 0.3) is 0 Å². The van der Waals surface area contributed by atoms with Crippen molar-refractivity contribution < 1.29 is 27.5 Å². The molecule has 0 aliphatic carbocycles. The van der Waals surface area contributed by atoms with Gasteiger partial charge < -0.3 is 10.1 Å². The van der Waals surface area contributed by atoms with Crippen LogP contribution in [-0.4, -0.2) is 11.3 Å². The lowest BCUT2D eigenvalue weighted by molar-refractivity contribution is -0.137. The van der Waals surface area contributed by atoms with Crippen LogP contribution in [0.1, 0.15) is 30.5 Å². The van der Waals surface area contributed by atoms with E-state index in [1.165, 1.54) is 0 Å². The van der Waals surface area contributed by atoms with E-state index in [4.69, 9.17) is 27.9 Å². The summed E-state index contributed by atoms with van der Waals surface area (Å²) < 4.78 is 44.1. The van der Waals surface area contributed by atoms with Crippen LogP contribution in [0.4, 0.5) is 18.0 Å². The van der Waals surface area contributed by atoms with Gasteiger partial charge >= 0.3 is 12.3 Å². The molecule has 0 aliphatic heterocycles. The Morgan fingerprint density at radius 2 is 1.72 bits per heavy atom. The van der Waals surface area contributed by atoms with Crippen LogP contribution in [-0.2, 0) is 27.9 Å². The fraction of sp³-hybridized carbons (Fsp3) is 0.300. The molecule has 4 nitrogen and oxygen atoms in total. The average molecular weight is 448 g/mol. The fourth-order valence-corrected chi connectivity index (χ4v) is 3.51. The standard InChI is InChI=1S/C20H18Cl2F3NO3/c1-12(2)19(17(22)27,14-8-9-15(16(21)10-14)20(23,24)25)26-18(28)29-11-13-6-4-3-5-7-13/h3-10,12H,11H2,1-2H3,(H,26,28). The molecule has 1 atom stereocenters. The minimum Gasteiger partial charge on any atom is -0.445 e. The summed E-state index contributed by atoms with van der Waals surface area (Å²) in [5, 5.41) is 0.819. The summed E-state index contributed by atoms with van der Waals surface area (Å²) in [4.78, 5) is 24.7. The molecule has 0 radical (unpaired) electrons. The molecule has 1 unspecified atom stereocenters. The molecule has 0 saturated carbocycles. The van der Waals surface area contributed by atoms with E-state index in [0.717, 1.165) is 18.2 Å². The second-order valence-electron chi connectivity index (χ2n) is 6.62. The van der Waals surface area contributed by atoms with E-state index in [2.05, 4.69) is 5.32 Å². The average Bonchev–Trinajstić information content (AvgIpc) is 2.63. The van der Waals surface area contributed by atoms with Crippen molar-refractivity contribution in [2.75, 3.05) is 0 Å². The van der Waals surface area contributed by atoms with Crippen LogP contribution >= 0.6 is 23.2 Å². The number of hydrogen-bond donors (Lipinski definition) is 1. The molecule has 0 bridgehead atoms. The number of amides is 1. The summed E-state index contributed by atoms with van der Waals surface area (Å²) in [5.74, 6) is -0.621. The highest BCUT2D eigenvalue weighted by atomic mass is 35.5. The Hall–Kier alpha value is -2.25. The summed E-state index contributed by atoms with van der Waals surface area (Å²) in [7, 11) is 0. The Balaban J connectivity index is 2.35. The van der Waals surface area contributed by atoms with Crippen molar-refractivity contribution >= 4 is 34.5 Å². The number of hydrogen-bond acceptors (Lipinski definition) is 3. The van der Waals surface area contributed by atoms with E-state index in [-0.39, 0.29) is 12.2 Å². The van der Waals surface area contributed by atoms with Crippen molar-refractivity contribution in [2.24, 2.45) is 5.92 Å². The number of rotatable bonds is 6. The number of carbonyl (C=O) groups is 2. The van der Waals surface area contributed by atoms with Gasteiger partial charge in [-0.05, 0) is 40.8 Å². The Labute approximate surface area is 175 Å². The van der Waals surface area contributed by atoms with E-state index in [1.807, 2.05) is 0 Å². The third kappa shape index (κ3) is 5.22. The van der Waals surface area contributed by atoms with Crippen molar-refractivity contribution in [3.63, 3.8) is 0 Å². The lowest BCUT2D eigenvalue weighted by Gasteiger charge is -2.35. The largest absolute Gasteiger partial charge is 0.445 e. The quantitative estimate of drug-likeness (QED) is 0.560. The second-order valence-corrected chi connectivity index (χ2v) is 7.37. The molecule has 0 aliphatic rings. The van der Waals surface area contributed by atoms with Crippen LogP contribution < -0.4 is 5.32 Å². The molecule has 0 aromatic heterocycles. The summed E-state index contributed by atoms with van der Waals surface area (Å²) in [6.45, 7) is 3.11. The van der Waals surface area contributed by atoms with Gasteiger partial charge in [-0.3, -0.25) is 4.79 Å². The van der Waals surface area contributed by atoms with Gasteiger partial charge in [0.1, 0.15) is 12.1 Å². The Bertz CT molecular complexity index is 888. The number of benzene rings is 2. The highest BCUT2D eigenvalue weighted by Gasteiger charge is 2.45. The van der Waals surface area contributed by atoms with Gasteiger partial charge in [0, 0.05) is 0 Å². The monoisotopic (exact) mass is 447 g/mol. The molecule has 156 valence electrons. The lowest BCUT2D eigenvalue weighted by atomic mass is 9.80. The Kier molecular flexibility index (Phi) is 7.19. The molecular weight excluding hydrogens is 430 g/mol. The van der Waals surface area contributed by atoms with Crippen molar-refractivity contribution in [3.8, 4) is 0 Å². The maximum absolute atomic E-state index is 13.0. The third-order valence-electron chi connectivity index (χ3n) is 4.42. The second kappa shape index (κ2) is 9.05. The van der Waals surface area contributed by atoms with Crippen molar-refractivity contribution in [1.82, 2.24) is 5.32 Å². The van der Waals surface area contributed by atoms with Crippen molar-refractivity contribution in [3.05, 3.63) is 70.2 Å². The summed E-state index contributed by atoms with van der Waals surface area (Å²) >= 11 is 11.6. The molecule has 2 aromatic carbocycles. The number of alkyl halides is 3. The van der Waals surface area contributed by atoms with Gasteiger partial charge in [-0.15, -0.1) is 0 Å². The van der Waals surface area contributed by atoms with E-state index in [1.54, 1.807) is 44.2 Å². The minimum atomic E-state index is -4.66. The predicted octanol–water partition coefficient (Wildman–Crippen LogP) is 5.90. The zero-order valence-corrected chi connectivity index (χ0v) is 17.0. The number of alkyl carbamates (subject to hydrolysis) is 1. The number of nitrogens with one attached hydrogen (secondary N) is 1. The summed E-state index contributed by atoms with van der Waals surface area (Å²) in [6.07, 6.45) is -5.61. The molecule has 0 heterocycles. The minimum absolute atomic E-state index is 0.0159. The first-order chi connectivity index (χ1) is 13.5. The number of carbonyl (C=O) groups excluding carboxylic acids is 2. The Morgan fingerprint density at radius 1 is 1.10 bits per heavy atom. The first-order valence-corrected chi connectivity index (χ1v) is 9.30. The smallest absolute Gasteiger partial charge is 0.417 e. The van der Waals surface area contributed by atoms with Gasteiger partial charge in [-0.25, -0.2) is 4.79 Å². The van der Waals surface area contributed by atoms with E-state index in [0.29, 0.717) is 5.56 Å². The highest BCUT2D eigenvalue weighted by molar-refractivity contribution is 6.65. The molecule has 2 aromatic rings. The van der Waals surface area contributed by atoms with Gasteiger partial charge in [0.2, 0.25) is 0 Å².